The Bertz CT molecular complexity index is 368. The third-order valence-corrected chi connectivity index (χ3v) is 1.65. The molecule has 0 radical (unpaired) electrons. The molecule has 0 fully saturated rings. The van der Waals surface area contributed by atoms with Gasteiger partial charge in [-0.1, -0.05) is 36.4 Å². The third-order valence-electron chi connectivity index (χ3n) is 1.65. The molecule has 0 heterocycles. The molecule has 0 unspecified atom stereocenters. The van der Waals surface area contributed by atoms with Crippen molar-refractivity contribution < 1.29 is 7.54 Å². The number of carbonyl (C=O) groups excluding carboxylic acids is 1. The number of hydrogen-bond donors (Lipinski definition) is 0. The molecule has 0 saturated heterocycles. The van der Waals surface area contributed by atoms with Crippen LogP contribution in [-0.2, 0) is 11.2 Å². The molecule has 1 nitrogen and oxygen atoms in total. The maximum atomic E-state index is 10.8. The average molecular weight is 176 g/mol. The van der Waals surface area contributed by atoms with Crippen LogP contribution in [0.2, 0.25) is 0 Å². The van der Waals surface area contributed by atoms with E-state index >= 15 is 0 Å². The van der Waals surface area contributed by atoms with Gasteiger partial charge >= 0.3 is 0 Å². The van der Waals surface area contributed by atoms with Gasteiger partial charge in [0.15, 0.2) is 5.78 Å². The van der Waals surface area contributed by atoms with Crippen molar-refractivity contribution in [1.82, 2.24) is 0 Å². The molecule has 0 saturated carbocycles. The monoisotopic (exact) mass is 176 g/mol. The number of benzene rings is 1. The average Bonchev–Trinajstić information content (AvgIpc) is 2.26. The summed E-state index contributed by atoms with van der Waals surface area (Å²) in [5.74, 6) is -0.340. The van der Waals surface area contributed by atoms with Gasteiger partial charge in [0, 0.05) is 0 Å². The number of hydrogen-bond acceptors (Lipinski definition) is 1. The molecular formula is C12H14O. The van der Waals surface area contributed by atoms with Crippen molar-refractivity contribution in [2.24, 2.45) is 0 Å². The first-order chi connectivity index (χ1) is 7.11. The number of carbonyl (C=O) groups is 1. The van der Waals surface area contributed by atoms with Crippen LogP contribution < -0.4 is 0 Å². The summed E-state index contributed by atoms with van der Waals surface area (Å²) < 4.78 is 14.9. The molecule has 0 bridgehead atoms. The van der Waals surface area contributed by atoms with E-state index in [2.05, 4.69) is 0 Å². The van der Waals surface area contributed by atoms with Gasteiger partial charge in [0.25, 0.3) is 0 Å². The number of allylic oxidation sites excluding steroid dienone is 2. The minimum atomic E-state index is -0.340. The van der Waals surface area contributed by atoms with Crippen LogP contribution in [0.25, 0.3) is 0 Å². The highest BCUT2D eigenvalue weighted by Gasteiger charge is 1.88. The zero-order valence-electron chi connectivity index (χ0n) is 9.71. The lowest BCUT2D eigenvalue weighted by Crippen LogP contribution is -1.83. The Kier molecular flexibility index (Phi) is 2.89. The lowest BCUT2D eigenvalue weighted by atomic mass is 10.1. The van der Waals surface area contributed by atoms with E-state index in [1.54, 1.807) is 0 Å². The first-order valence-electron chi connectivity index (χ1n) is 5.32. The molecule has 0 N–H and O–H groups in total. The maximum Gasteiger partial charge on any atom is 0.152 e. The molecule has 68 valence electrons. The zero-order valence-corrected chi connectivity index (χ0v) is 7.71. The molecular weight excluding hydrogens is 160 g/mol. The minimum absolute atomic E-state index is 0.117. The molecule has 13 heavy (non-hydrogen) atoms. The first kappa shape index (κ1) is 7.07. The normalized spacial score (nSPS) is 14.2. The molecule has 1 aromatic carbocycles. The highest BCUT2D eigenvalue weighted by atomic mass is 16.1. The molecule has 0 aliphatic heterocycles. The van der Waals surface area contributed by atoms with Gasteiger partial charge in [0.2, 0.25) is 0 Å². The lowest BCUT2D eigenvalue weighted by molar-refractivity contribution is -0.112. The fourth-order valence-corrected chi connectivity index (χ4v) is 1.04. The van der Waals surface area contributed by atoms with Crippen LogP contribution in [-0.4, -0.2) is 5.78 Å². The van der Waals surface area contributed by atoms with Crippen LogP contribution in [0.15, 0.2) is 42.4 Å². The summed E-state index contributed by atoms with van der Waals surface area (Å²) in [5.41, 5.74) is 1.12. The van der Waals surface area contributed by atoms with Crippen molar-refractivity contribution in [3.05, 3.63) is 48.0 Å². The van der Waals surface area contributed by atoms with Gasteiger partial charge < -0.3 is 0 Å². The lowest BCUT2D eigenvalue weighted by Gasteiger charge is -1.95. The van der Waals surface area contributed by atoms with E-state index in [0.717, 1.165) is 5.56 Å². The number of aryl methyl sites for hydroxylation is 1. The molecule has 1 aromatic rings. The SMILES string of the molecule is [2H]/C(CCc1ccccc1)=C(/[2H])C(C)=O. The Labute approximate surface area is 81.9 Å². The standard InChI is InChI=1S/C12H14O/c1-11(13)7-5-6-10-12-8-3-2-4-9-12/h2-5,7-9H,6,10H2,1H3/b7-5+/i5D,7D. The van der Waals surface area contributed by atoms with Crippen molar-refractivity contribution in [2.45, 2.75) is 19.8 Å². The quantitative estimate of drug-likeness (QED) is 0.645. The van der Waals surface area contributed by atoms with Crippen LogP contribution >= 0.6 is 0 Å². The van der Waals surface area contributed by atoms with Gasteiger partial charge in [-0.2, -0.15) is 0 Å². The van der Waals surface area contributed by atoms with E-state index in [-0.39, 0.29) is 17.9 Å². The summed E-state index contributed by atoms with van der Waals surface area (Å²) in [6.45, 7) is 1.32. The van der Waals surface area contributed by atoms with Gasteiger partial charge in [-0.25, -0.2) is 0 Å². The van der Waals surface area contributed by atoms with Gasteiger partial charge in [0.1, 0.15) is 0 Å². The van der Waals surface area contributed by atoms with Crippen molar-refractivity contribution in [2.75, 3.05) is 0 Å². The molecule has 0 aliphatic carbocycles. The summed E-state index contributed by atoms with van der Waals surface area (Å²) >= 11 is 0. The highest BCUT2D eigenvalue weighted by Crippen LogP contribution is 2.02. The topological polar surface area (TPSA) is 17.1 Å². The molecule has 1 rings (SSSR count). The summed E-state index contributed by atoms with van der Waals surface area (Å²) in [4.78, 5) is 10.8. The highest BCUT2D eigenvalue weighted by molar-refractivity contribution is 5.87. The fourth-order valence-electron chi connectivity index (χ4n) is 1.04. The maximum absolute atomic E-state index is 10.8. The second-order valence-corrected chi connectivity index (χ2v) is 2.84. The van der Waals surface area contributed by atoms with Gasteiger partial charge in [0.05, 0.1) is 2.74 Å². The van der Waals surface area contributed by atoms with Crippen molar-refractivity contribution in [3.8, 4) is 0 Å². The van der Waals surface area contributed by atoms with E-state index < -0.39 is 0 Å². The Morgan fingerprint density at radius 3 is 2.77 bits per heavy atom. The number of rotatable bonds is 4. The molecule has 0 aromatic heterocycles. The van der Waals surface area contributed by atoms with Crippen LogP contribution in [0.5, 0.6) is 0 Å². The molecule has 0 spiro atoms. The van der Waals surface area contributed by atoms with Crippen molar-refractivity contribution in [3.63, 3.8) is 0 Å². The number of ketones is 1. The third kappa shape index (κ3) is 4.26. The molecule has 0 amide bonds. The first-order valence-corrected chi connectivity index (χ1v) is 4.32. The van der Waals surface area contributed by atoms with E-state index in [0.29, 0.717) is 12.8 Å². The zero-order chi connectivity index (χ0) is 11.3. The predicted molar refractivity (Wildman–Crippen MR) is 54.6 cm³/mol. The Hall–Kier alpha value is -1.37. The Morgan fingerprint density at radius 1 is 1.46 bits per heavy atom. The minimum Gasteiger partial charge on any atom is -0.295 e. The van der Waals surface area contributed by atoms with Gasteiger partial charge in [-0.3, -0.25) is 4.79 Å². The smallest absolute Gasteiger partial charge is 0.152 e. The summed E-state index contributed by atoms with van der Waals surface area (Å²) in [6.07, 6.45) is 1.15. The summed E-state index contributed by atoms with van der Waals surface area (Å²) in [5, 5.41) is 0. The van der Waals surface area contributed by atoms with Gasteiger partial charge in [-0.05, 0) is 31.4 Å². The van der Waals surface area contributed by atoms with E-state index in [4.69, 9.17) is 2.74 Å². The van der Waals surface area contributed by atoms with E-state index in [1.165, 1.54) is 6.92 Å². The Balaban J connectivity index is 2.58. The molecule has 0 atom stereocenters. The van der Waals surface area contributed by atoms with Crippen LogP contribution in [0.1, 0.15) is 21.6 Å². The van der Waals surface area contributed by atoms with Crippen molar-refractivity contribution in [1.29, 1.82) is 0 Å². The second-order valence-electron chi connectivity index (χ2n) is 2.84. The van der Waals surface area contributed by atoms with Crippen molar-refractivity contribution >= 4 is 5.78 Å². The summed E-state index contributed by atoms with van der Waals surface area (Å²) in [6, 6.07) is 9.71. The molecule has 1 heteroatoms. The second kappa shape index (κ2) is 5.31. The van der Waals surface area contributed by atoms with Gasteiger partial charge in [-0.15, -0.1) is 0 Å². The van der Waals surface area contributed by atoms with E-state index in [9.17, 15) is 4.79 Å². The predicted octanol–water partition coefficient (Wildman–Crippen LogP) is 2.76. The van der Waals surface area contributed by atoms with E-state index in [1.807, 2.05) is 30.3 Å². The largest absolute Gasteiger partial charge is 0.295 e. The van der Waals surface area contributed by atoms with Crippen LogP contribution in [0.4, 0.5) is 0 Å². The summed E-state index contributed by atoms with van der Waals surface area (Å²) in [7, 11) is 0. The van der Waals surface area contributed by atoms with Crippen LogP contribution in [0, 0.1) is 0 Å². The Morgan fingerprint density at radius 2 is 2.15 bits per heavy atom. The molecule has 0 aliphatic rings. The fraction of sp³-hybridized carbons (Fsp3) is 0.250. The van der Waals surface area contributed by atoms with Crippen LogP contribution in [0.3, 0.4) is 0 Å².